The molecule has 1 aromatic carbocycles. The van der Waals surface area contributed by atoms with E-state index in [1.807, 2.05) is 6.07 Å². The lowest BCUT2D eigenvalue weighted by atomic mass is 10.00. The summed E-state index contributed by atoms with van der Waals surface area (Å²) in [6, 6.07) is 6.95. The van der Waals surface area contributed by atoms with Gasteiger partial charge in [-0.2, -0.15) is 8.42 Å². The van der Waals surface area contributed by atoms with Crippen molar-refractivity contribution in [3.63, 3.8) is 0 Å². The molecule has 2 atom stereocenters. The molecule has 0 saturated carbocycles. The summed E-state index contributed by atoms with van der Waals surface area (Å²) in [6.07, 6.45) is 2.27. The fraction of sp³-hybridized carbons (Fsp3) is 0.667. The summed E-state index contributed by atoms with van der Waals surface area (Å²) in [5.41, 5.74) is 0.437. The minimum atomic E-state index is -3.72. The number of nitrogens with one attached hydrogen (secondary N) is 1. The smallest absolute Gasteiger partial charge is 0.323 e. The van der Waals surface area contributed by atoms with Gasteiger partial charge in [0.1, 0.15) is 11.9 Å². The Morgan fingerprint density at radius 2 is 2.08 bits per heavy atom. The average molecular weight is 387 g/mol. The molecule has 2 unspecified atom stereocenters. The van der Waals surface area contributed by atoms with E-state index in [9.17, 15) is 8.42 Å². The summed E-state index contributed by atoms with van der Waals surface area (Å²) in [7, 11) is -2.04. The minimum absolute atomic E-state index is 0.0178. The van der Waals surface area contributed by atoms with E-state index in [0.29, 0.717) is 36.9 Å². The molecule has 1 fully saturated rings. The van der Waals surface area contributed by atoms with Gasteiger partial charge >= 0.3 is 10.2 Å². The van der Waals surface area contributed by atoms with E-state index in [2.05, 4.69) is 25.5 Å². The molecule has 1 aliphatic rings. The second-order valence-corrected chi connectivity index (χ2v) is 8.38. The number of methoxy groups -OCH3 is 1. The summed E-state index contributed by atoms with van der Waals surface area (Å²) in [5, 5.41) is 0. The topological polar surface area (TPSA) is 77.1 Å². The highest BCUT2D eigenvalue weighted by molar-refractivity contribution is 7.90. The lowest BCUT2D eigenvalue weighted by Gasteiger charge is -2.27. The van der Waals surface area contributed by atoms with Crippen LogP contribution in [0.3, 0.4) is 0 Å². The third-order valence-corrected chi connectivity index (χ3v) is 5.50. The number of hydrogen-bond acceptors (Lipinski definition) is 5. The van der Waals surface area contributed by atoms with Gasteiger partial charge in [0.05, 0.1) is 18.4 Å². The van der Waals surface area contributed by atoms with Gasteiger partial charge in [-0.15, -0.1) is 0 Å². The van der Waals surface area contributed by atoms with Crippen LogP contribution in [0.1, 0.15) is 40.0 Å². The fourth-order valence-corrected chi connectivity index (χ4v) is 4.05. The molecule has 0 aromatic heterocycles. The molecule has 1 heterocycles. The lowest BCUT2D eigenvalue weighted by molar-refractivity contribution is -0.0277. The summed E-state index contributed by atoms with van der Waals surface area (Å²) in [4.78, 5) is 5.12. The van der Waals surface area contributed by atoms with Crippen LogP contribution in [0.4, 0.5) is 5.69 Å². The molecule has 1 aromatic rings. The first-order valence-electron chi connectivity index (χ1n) is 9.08. The molecule has 8 heteroatoms. The van der Waals surface area contributed by atoms with Crippen molar-refractivity contribution in [2.75, 3.05) is 25.0 Å². The van der Waals surface area contributed by atoms with E-state index >= 15 is 0 Å². The molecule has 26 heavy (non-hydrogen) atoms. The fourth-order valence-electron chi connectivity index (χ4n) is 2.94. The quantitative estimate of drug-likeness (QED) is 0.668. The molecule has 0 amide bonds. The Morgan fingerprint density at radius 3 is 2.65 bits per heavy atom. The Labute approximate surface area is 156 Å². The molecule has 0 bridgehead atoms. The zero-order valence-corrected chi connectivity index (χ0v) is 16.8. The van der Waals surface area contributed by atoms with Crippen LogP contribution >= 0.6 is 0 Å². The first-order chi connectivity index (χ1) is 12.4. The van der Waals surface area contributed by atoms with Gasteiger partial charge in [0.2, 0.25) is 0 Å². The molecule has 7 nitrogen and oxygen atoms in total. The monoisotopic (exact) mass is 386 g/mol. The highest BCUT2D eigenvalue weighted by atomic mass is 32.2. The minimum Gasteiger partial charge on any atom is -0.488 e. The van der Waals surface area contributed by atoms with Crippen molar-refractivity contribution in [3.8, 4) is 5.75 Å². The summed E-state index contributed by atoms with van der Waals surface area (Å²) >= 11 is 0. The van der Waals surface area contributed by atoms with Crippen LogP contribution in [0.15, 0.2) is 24.3 Å². The number of benzene rings is 1. The number of nitrogens with zero attached hydrogens (tertiary/aromatic N) is 1. The summed E-state index contributed by atoms with van der Waals surface area (Å²) in [6.45, 7) is 7.11. The molecule has 1 N–H and O–H groups in total. The van der Waals surface area contributed by atoms with Crippen LogP contribution in [-0.2, 0) is 19.8 Å². The van der Waals surface area contributed by atoms with Crippen LogP contribution in [0, 0.1) is 5.92 Å². The number of hydrogen-bond donors (Lipinski definition) is 1. The highest BCUT2D eigenvalue weighted by Gasteiger charge is 2.27. The van der Waals surface area contributed by atoms with Crippen LogP contribution in [-0.4, -0.2) is 45.4 Å². The van der Waals surface area contributed by atoms with Gasteiger partial charge < -0.3 is 9.47 Å². The third-order valence-electron chi connectivity index (χ3n) is 4.18. The number of ether oxygens (including phenoxy) is 2. The van der Waals surface area contributed by atoms with Crippen molar-refractivity contribution in [2.45, 2.75) is 52.2 Å². The third kappa shape index (κ3) is 5.84. The highest BCUT2D eigenvalue weighted by Crippen LogP contribution is 2.25. The van der Waals surface area contributed by atoms with Gasteiger partial charge in [0, 0.05) is 19.7 Å². The lowest BCUT2D eigenvalue weighted by Crippen LogP contribution is -2.34. The van der Waals surface area contributed by atoms with Gasteiger partial charge in [-0.1, -0.05) is 31.3 Å². The Kier molecular flexibility index (Phi) is 7.69. The molecule has 148 valence electrons. The Morgan fingerprint density at radius 1 is 1.31 bits per heavy atom. The zero-order valence-electron chi connectivity index (χ0n) is 16.0. The van der Waals surface area contributed by atoms with Crippen LogP contribution in [0.25, 0.3) is 0 Å². The van der Waals surface area contributed by atoms with Gasteiger partial charge in [0.25, 0.3) is 0 Å². The maximum Gasteiger partial charge on any atom is 0.323 e. The molecular weight excluding hydrogens is 356 g/mol. The zero-order chi connectivity index (χ0) is 19.2. The standard InChI is InChI=1S/C18H30N2O5S/c1-5-17(23-4)18(12-14(2)3)25-16-9-6-8-15(13-16)19-26(21,22)20-10-7-11-24-20/h6,8-9,13-14,17-19H,5,7,10-12H2,1-4H3. The maximum absolute atomic E-state index is 12.3. The number of rotatable bonds is 10. The van der Waals surface area contributed by atoms with E-state index in [1.54, 1.807) is 25.3 Å². The summed E-state index contributed by atoms with van der Waals surface area (Å²) in [5.74, 6) is 1.06. The molecular formula is C18H30N2O5S. The van der Waals surface area contributed by atoms with Crippen molar-refractivity contribution in [1.29, 1.82) is 0 Å². The maximum atomic E-state index is 12.3. The molecule has 0 spiro atoms. The Balaban J connectivity index is 2.11. The summed E-state index contributed by atoms with van der Waals surface area (Å²) < 4.78 is 39.8. The Bertz CT molecular complexity index is 655. The normalized spacial score (nSPS) is 18.0. The van der Waals surface area contributed by atoms with E-state index in [-0.39, 0.29) is 12.2 Å². The molecule has 0 aliphatic carbocycles. The van der Waals surface area contributed by atoms with Gasteiger partial charge in [0.15, 0.2) is 0 Å². The molecule has 0 radical (unpaired) electrons. The van der Waals surface area contributed by atoms with Gasteiger partial charge in [-0.3, -0.25) is 9.56 Å². The number of anilines is 1. The molecule has 1 aliphatic heterocycles. The van der Waals surface area contributed by atoms with Crippen LogP contribution in [0.5, 0.6) is 5.75 Å². The van der Waals surface area contributed by atoms with Crippen LogP contribution in [0.2, 0.25) is 0 Å². The van der Waals surface area contributed by atoms with Crippen molar-refractivity contribution < 1.29 is 22.7 Å². The SMILES string of the molecule is CCC(OC)C(CC(C)C)Oc1cccc(NS(=O)(=O)N2CCCO2)c1. The number of hydroxylamine groups is 1. The van der Waals surface area contributed by atoms with Gasteiger partial charge in [-0.25, -0.2) is 0 Å². The van der Waals surface area contributed by atoms with Crippen molar-refractivity contribution >= 4 is 15.9 Å². The first-order valence-corrected chi connectivity index (χ1v) is 10.5. The predicted molar refractivity (Wildman–Crippen MR) is 101 cm³/mol. The first kappa shape index (κ1) is 21.0. The second-order valence-electron chi connectivity index (χ2n) is 6.82. The van der Waals surface area contributed by atoms with E-state index in [1.165, 1.54) is 0 Å². The van der Waals surface area contributed by atoms with Crippen LogP contribution < -0.4 is 9.46 Å². The average Bonchev–Trinajstić information content (AvgIpc) is 3.10. The molecule has 2 rings (SSSR count). The second kappa shape index (κ2) is 9.55. The van der Waals surface area contributed by atoms with E-state index in [4.69, 9.17) is 14.3 Å². The Hall–Kier alpha value is -1.35. The van der Waals surface area contributed by atoms with Crippen molar-refractivity contribution in [2.24, 2.45) is 5.92 Å². The van der Waals surface area contributed by atoms with Crippen molar-refractivity contribution in [1.82, 2.24) is 4.47 Å². The predicted octanol–water partition coefficient (Wildman–Crippen LogP) is 3.20. The molecule has 1 saturated heterocycles. The van der Waals surface area contributed by atoms with E-state index < -0.39 is 10.2 Å². The van der Waals surface area contributed by atoms with Crippen molar-refractivity contribution in [3.05, 3.63) is 24.3 Å². The largest absolute Gasteiger partial charge is 0.488 e. The van der Waals surface area contributed by atoms with Gasteiger partial charge in [-0.05, 0) is 37.3 Å². The van der Waals surface area contributed by atoms with E-state index in [0.717, 1.165) is 17.3 Å².